The van der Waals surface area contributed by atoms with Gasteiger partial charge in [0, 0.05) is 5.33 Å². The van der Waals surface area contributed by atoms with Crippen LogP contribution >= 0.6 is 15.9 Å². The second-order valence-electron chi connectivity index (χ2n) is 3.13. The van der Waals surface area contributed by atoms with E-state index in [1.807, 2.05) is 0 Å². The van der Waals surface area contributed by atoms with Crippen LogP contribution in [0.15, 0.2) is 48.5 Å². The van der Waals surface area contributed by atoms with E-state index in [0.717, 1.165) is 5.33 Å². The number of halogens is 1. The largest absolute Gasteiger partial charge is 0.0883 e. The van der Waals surface area contributed by atoms with Gasteiger partial charge in [-0.15, -0.1) is 0 Å². The van der Waals surface area contributed by atoms with Crippen molar-refractivity contribution in [2.75, 3.05) is 5.33 Å². The van der Waals surface area contributed by atoms with Crippen molar-refractivity contribution in [1.82, 2.24) is 0 Å². The van der Waals surface area contributed by atoms with Gasteiger partial charge in [0.2, 0.25) is 0 Å². The van der Waals surface area contributed by atoms with Gasteiger partial charge in [-0.25, -0.2) is 0 Å². The molecule has 0 aromatic heterocycles. The molecule has 0 unspecified atom stereocenters. The molecule has 0 radical (unpaired) electrons. The maximum atomic E-state index is 3.38. The average Bonchev–Trinajstić information content (AvgIpc) is 2.26. The summed E-state index contributed by atoms with van der Waals surface area (Å²) in [5.41, 5.74) is 1.28. The van der Waals surface area contributed by atoms with Gasteiger partial charge in [-0.05, 0) is 16.3 Å². The van der Waals surface area contributed by atoms with Crippen LogP contribution in [0.25, 0.3) is 16.8 Å². The Labute approximate surface area is 92.4 Å². The van der Waals surface area contributed by atoms with Crippen LogP contribution in [-0.2, 0) is 0 Å². The standard InChI is InChI=1S/C13H11Br/c14-10-4-8-12-7-3-6-11-5-1-2-9-13(11)12/h1-9H,10H2. The van der Waals surface area contributed by atoms with Crippen molar-refractivity contribution in [1.29, 1.82) is 0 Å². The predicted molar refractivity (Wildman–Crippen MR) is 66.8 cm³/mol. The molecule has 0 aliphatic carbocycles. The molecule has 2 aromatic carbocycles. The van der Waals surface area contributed by atoms with Crippen molar-refractivity contribution in [3.8, 4) is 0 Å². The summed E-state index contributed by atoms with van der Waals surface area (Å²) in [5.74, 6) is 0. The minimum atomic E-state index is 0.899. The van der Waals surface area contributed by atoms with Crippen LogP contribution in [0.3, 0.4) is 0 Å². The van der Waals surface area contributed by atoms with Gasteiger partial charge in [0.1, 0.15) is 0 Å². The zero-order valence-electron chi connectivity index (χ0n) is 7.78. The third kappa shape index (κ3) is 1.88. The third-order valence-electron chi connectivity index (χ3n) is 2.21. The summed E-state index contributed by atoms with van der Waals surface area (Å²) >= 11 is 3.38. The van der Waals surface area contributed by atoms with Gasteiger partial charge in [-0.3, -0.25) is 0 Å². The van der Waals surface area contributed by atoms with E-state index < -0.39 is 0 Å². The van der Waals surface area contributed by atoms with Gasteiger partial charge in [0.25, 0.3) is 0 Å². The van der Waals surface area contributed by atoms with Crippen LogP contribution in [-0.4, -0.2) is 5.33 Å². The Morgan fingerprint density at radius 3 is 2.64 bits per heavy atom. The highest BCUT2D eigenvalue weighted by Gasteiger charge is 1.94. The number of hydrogen-bond acceptors (Lipinski definition) is 0. The van der Waals surface area contributed by atoms with Crippen LogP contribution in [0.4, 0.5) is 0 Å². The number of hydrogen-bond donors (Lipinski definition) is 0. The molecular weight excluding hydrogens is 236 g/mol. The molecule has 0 fully saturated rings. The van der Waals surface area contributed by atoms with Crippen molar-refractivity contribution in [2.24, 2.45) is 0 Å². The second kappa shape index (κ2) is 4.43. The lowest BCUT2D eigenvalue weighted by Crippen LogP contribution is -1.77. The molecule has 0 aliphatic heterocycles. The van der Waals surface area contributed by atoms with Gasteiger partial charge in [-0.2, -0.15) is 0 Å². The van der Waals surface area contributed by atoms with E-state index in [1.165, 1.54) is 16.3 Å². The predicted octanol–water partition coefficient (Wildman–Crippen LogP) is 4.25. The molecule has 0 spiro atoms. The number of rotatable bonds is 2. The quantitative estimate of drug-likeness (QED) is 0.696. The van der Waals surface area contributed by atoms with Crippen molar-refractivity contribution >= 4 is 32.8 Å². The molecule has 1 heteroatoms. The Kier molecular flexibility index (Phi) is 3.00. The number of allylic oxidation sites excluding steroid dienone is 1. The molecule has 0 aliphatic rings. The van der Waals surface area contributed by atoms with Crippen molar-refractivity contribution in [3.05, 3.63) is 54.1 Å². The zero-order valence-corrected chi connectivity index (χ0v) is 9.37. The minimum absolute atomic E-state index is 0.899. The van der Waals surface area contributed by atoms with E-state index in [1.54, 1.807) is 0 Å². The Bertz CT molecular complexity index is 452. The fourth-order valence-electron chi connectivity index (χ4n) is 1.57. The lowest BCUT2D eigenvalue weighted by Gasteiger charge is -2.00. The fourth-order valence-corrected chi connectivity index (χ4v) is 1.75. The third-order valence-corrected chi connectivity index (χ3v) is 2.58. The molecule has 2 rings (SSSR count). The lowest BCUT2D eigenvalue weighted by molar-refractivity contribution is 1.70. The summed E-state index contributed by atoms with van der Waals surface area (Å²) in [7, 11) is 0. The molecule has 14 heavy (non-hydrogen) atoms. The summed E-state index contributed by atoms with van der Waals surface area (Å²) in [6, 6.07) is 14.8. The first-order valence-electron chi connectivity index (χ1n) is 4.62. The topological polar surface area (TPSA) is 0 Å². The number of benzene rings is 2. The smallest absolute Gasteiger partial charge is 0.0215 e. The van der Waals surface area contributed by atoms with Crippen LogP contribution in [0.2, 0.25) is 0 Å². The molecule has 2 aromatic rings. The van der Waals surface area contributed by atoms with Gasteiger partial charge >= 0.3 is 0 Å². The summed E-state index contributed by atoms with van der Waals surface area (Å²) in [5, 5.41) is 3.51. The lowest BCUT2D eigenvalue weighted by atomic mass is 10.0. The Morgan fingerprint density at radius 2 is 1.79 bits per heavy atom. The second-order valence-corrected chi connectivity index (χ2v) is 3.77. The maximum absolute atomic E-state index is 3.38. The molecule has 0 N–H and O–H groups in total. The molecule has 0 nitrogen and oxygen atoms in total. The monoisotopic (exact) mass is 246 g/mol. The van der Waals surface area contributed by atoms with Gasteiger partial charge in [0.15, 0.2) is 0 Å². The SMILES string of the molecule is BrCC=Cc1cccc2ccccc12. The van der Waals surface area contributed by atoms with Crippen molar-refractivity contribution in [3.63, 3.8) is 0 Å². The molecule has 0 amide bonds. The van der Waals surface area contributed by atoms with E-state index >= 15 is 0 Å². The summed E-state index contributed by atoms with van der Waals surface area (Å²) in [6.45, 7) is 0. The number of fused-ring (bicyclic) bond motifs is 1. The van der Waals surface area contributed by atoms with Gasteiger partial charge < -0.3 is 0 Å². The van der Waals surface area contributed by atoms with Gasteiger partial charge in [-0.1, -0.05) is 70.5 Å². The fraction of sp³-hybridized carbons (Fsp3) is 0.0769. The Hall–Kier alpha value is -1.08. The molecule has 0 saturated heterocycles. The Balaban J connectivity index is 2.59. The number of alkyl halides is 1. The normalized spacial score (nSPS) is 11.2. The first kappa shape index (κ1) is 9.47. The zero-order chi connectivity index (χ0) is 9.80. The summed E-state index contributed by atoms with van der Waals surface area (Å²) < 4.78 is 0. The molecule has 0 saturated carbocycles. The minimum Gasteiger partial charge on any atom is -0.0883 e. The van der Waals surface area contributed by atoms with E-state index in [0.29, 0.717) is 0 Å². The van der Waals surface area contributed by atoms with Crippen LogP contribution in [0.1, 0.15) is 5.56 Å². The highest BCUT2D eigenvalue weighted by Crippen LogP contribution is 2.19. The first-order chi connectivity index (χ1) is 6.92. The van der Waals surface area contributed by atoms with Crippen LogP contribution < -0.4 is 0 Å². The molecular formula is C13H11Br. The van der Waals surface area contributed by atoms with E-state index in [4.69, 9.17) is 0 Å². The molecule has 70 valence electrons. The molecule has 0 heterocycles. The van der Waals surface area contributed by atoms with E-state index in [-0.39, 0.29) is 0 Å². The van der Waals surface area contributed by atoms with Crippen molar-refractivity contribution < 1.29 is 0 Å². The van der Waals surface area contributed by atoms with Gasteiger partial charge in [0.05, 0.1) is 0 Å². The van der Waals surface area contributed by atoms with E-state index in [2.05, 4.69) is 70.5 Å². The van der Waals surface area contributed by atoms with E-state index in [9.17, 15) is 0 Å². The van der Waals surface area contributed by atoms with Crippen LogP contribution in [0.5, 0.6) is 0 Å². The molecule has 0 bridgehead atoms. The first-order valence-corrected chi connectivity index (χ1v) is 5.74. The van der Waals surface area contributed by atoms with Crippen LogP contribution in [0, 0.1) is 0 Å². The highest BCUT2D eigenvalue weighted by molar-refractivity contribution is 9.09. The average molecular weight is 247 g/mol. The van der Waals surface area contributed by atoms with Crippen molar-refractivity contribution in [2.45, 2.75) is 0 Å². The summed E-state index contributed by atoms with van der Waals surface area (Å²) in [6.07, 6.45) is 4.26. The molecule has 0 atom stereocenters. The summed E-state index contributed by atoms with van der Waals surface area (Å²) in [4.78, 5) is 0. The Morgan fingerprint density at radius 1 is 1.00 bits per heavy atom. The highest BCUT2D eigenvalue weighted by atomic mass is 79.9. The maximum Gasteiger partial charge on any atom is 0.0215 e.